The lowest BCUT2D eigenvalue weighted by molar-refractivity contribution is -0.384. The number of hydrogen-bond acceptors (Lipinski definition) is 6. The molecule has 0 saturated carbocycles. The van der Waals surface area contributed by atoms with Crippen molar-refractivity contribution >= 4 is 38.2 Å². The molecule has 0 aliphatic carbocycles. The van der Waals surface area contributed by atoms with Gasteiger partial charge in [-0.3, -0.25) is 19.7 Å². The van der Waals surface area contributed by atoms with Crippen LogP contribution in [-0.4, -0.2) is 65.3 Å². The average molecular weight is 408 g/mol. The summed E-state index contributed by atoms with van der Waals surface area (Å²) >= 11 is 0. The van der Waals surface area contributed by atoms with Crippen LogP contribution in [0.15, 0.2) is 30.5 Å². The van der Waals surface area contributed by atoms with Gasteiger partial charge in [-0.25, -0.2) is 8.42 Å². The number of nitro benzene ring substituents is 1. The number of carbonyl (C=O) groups excluding carboxylic acids is 2. The molecule has 1 aliphatic heterocycles. The number of carbonyl (C=O) groups is 2. The molecule has 0 bridgehead atoms. The molecule has 1 atom stereocenters. The third-order valence-electron chi connectivity index (χ3n) is 4.68. The molecule has 1 aromatic carbocycles. The summed E-state index contributed by atoms with van der Waals surface area (Å²) in [5.74, 6) is -0.848. The number of amides is 2. The van der Waals surface area contributed by atoms with Gasteiger partial charge < -0.3 is 14.8 Å². The third kappa shape index (κ3) is 4.30. The van der Waals surface area contributed by atoms with Crippen LogP contribution in [0.3, 0.4) is 0 Å². The van der Waals surface area contributed by atoms with Gasteiger partial charge in [0.2, 0.25) is 11.8 Å². The molecule has 150 valence electrons. The first-order chi connectivity index (χ1) is 13.2. The second-order valence-corrected chi connectivity index (χ2v) is 9.01. The van der Waals surface area contributed by atoms with E-state index in [4.69, 9.17) is 0 Å². The smallest absolute Gasteiger partial charge is 0.270 e. The van der Waals surface area contributed by atoms with Crippen LogP contribution in [0.4, 0.5) is 5.69 Å². The summed E-state index contributed by atoms with van der Waals surface area (Å²) in [6, 6.07) is 5.27. The van der Waals surface area contributed by atoms with Crippen LogP contribution >= 0.6 is 0 Å². The summed E-state index contributed by atoms with van der Waals surface area (Å²) in [6.45, 7) is 1.76. The van der Waals surface area contributed by atoms with E-state index in [2.05, 4.69) is 5.32 Å². The minimum Gasteiger partial charge on any atom is -0.343 e. The number of nitrogens with zero attached hydrogens (tertiary/aromatic N) is 3. The van der Waals surface area contributed by atoms with Gasteiger partial charge in [0.05, 0.1) is 16.4 Å². The summed E-state index contributed by atoms with van der Waals surface area (Å²) in [6.07, 6.45) is 1.65. The molecule has 3 rings (SSSR count). The van der Waals surface area contributed by atoms with Gasteiger partial charge in [-0.1, -0.05) is 0 Å². The molecule has 1 aliphatic rings. The Balaban J connectivity index is 1.61. The maximum absolute atomic E-state index is 12.4. The lowest BCUT2D eigenvalue weighted by atomic mass is 10.2. The summed E-state index contributed by atoms with van der Waals surface area (Å²) in [5, 5.41) is 14.1. The molecule has 2 aromatic rings. The molecular weight excluding hydrogens is 388 g/mol. The summed E-state index contributed by atoms with van der Waals surface area (Å²) < 4.78 is 24.6. The van der Waals surface area contributed by atoms with Crippen molar-refractivity contribution in [3.05, 3.63) is 40.6 Å². The first-order valence-electron chi connectivity index (χ1n) is 8.68. The number of nitrogens with one attached hydrogen (secondary N) is 1. The zero-order valence-corrected chi connectivity index (χ0v) is 16.0. The fourth-order valence-electron chi connectivity index (χ4n) is 3.15. The number of fused-ring (bicyclic) bond motifs is 1. The Labute approximate surface area is 161 Å². The molecule has 1 aromatic heterocycles. The van der Waals surface area contributed by atoms with Gasteiger partial charge in [0, 0.05) is 42.3 Å². The second-order valence-electron chi connectivity index (χ2n) is 6.71. The van der Waals surface area contributed by atoms with E-state index in [1.165, 1.54) is 17.0 Å². The van der Waals surface area contributed by atoms with Gasteiger partial charge in [0.15, 0.2) is 9.84 Å². The molecule has 28 heavy (non-hydrogen) atoms. The normalized spacial score (nSPS) is 17.2. The molecule has 11 heteroatoms. The molecule has 0 radical (unpaired) electrons. The lowest BCUT2D eigenvalue weighted by Gasteiger charge is -2.29. The van der Waals surface area contributed by atoms with E-state index in [-0.39, 0.29) is 48.6 Å². The van der Waals surface area contributed by atoms with Crippen LogP contribution in [0.25, 0.3) is 10.9 Å². The molecule has 2 heterocycles. The van der Waals surface area contributed by atoms with E-state index in [1.54, 1.807) is 29.8 Å². The van der Waals surface area contributed by atoms with Crippen molar-refractivity contribution in [3.63, 3.8) is 0 Å². The highest BCUT2D eigenvalue weighted by molar-refractivity contribution is 7.91. The van der Waals surface area contributed by atoms with Crippen molar-refractivity contribution in [3.8, 4) is 0 Å². The topological polar surface area (TPSA) is 132 Å². The largest absolute Gasteiger partial charge is 0.343 e. The van der Waals surface area contributed by atoms with Crippen LogP contribution in [-0.2, 0) is 26.0 Å². The van der Waals surface area contributed by atoms with Gasteiger partial charge in [-0.15, -0.1) is 0 Å². The van der Waals surface area contributed by atoms with Crippen molar-refractivity contribution in [1.82, 2.24) is 14.8 Å². The zero-order chi connectivity index (χ0) is 20.5. The van der Waals surface area contributed by atoms with Gasteiger partial charge >= 0.3 is 0 Å². The Morgan fingerprint density at radius 3 is 2.57 bits per heavy atom. The summed E-state index contributed by atoms with van der Waals surface area (Å²) in [4.78, 5) is 36.5. The van der Waals surface area contributed by atoms with E-state index < -0.39 is 20.8 Å². The number of hydrogen-bond donors (Lipinski definition) is 1. The molecule has 1 N–H and O–H groups in total. The average Bonchev–Trinajstić information content (AvgIpc) is 3.03. The fraction of sp³-hybridized carbons (Fsp3) is 0.412. The number of rotatable bonds is 5. The Hall–Kier alpha value is -2.95. The number of benzene rings is 1. The van der Waals surface area contributed by atoms with Crippen LogP contribution in [0, 0.1) is 10.1 Å². The highest BCUT2D eigenvalue weighted by Gasteiger charge is 2.28. The maximum atomic E-state index is 12.4. The standard InChI is InChI=1S/C17H20N4O6S/c1-12(17(23)19-6-8-28(26,27)9-7-19)18-16(22)11-20-5-4-13-10-14(21(24)25)2-3-15(13)20/h2-5,10,12H,6-9,11H2,1H3,(H,18,22). The predicted octanol–water partition coefficient (Wildman–Crippen LogP) is 0.311. The van der Waals surface area contributed by atoms with Crippen LogP contribution < -0.4 is 5.32 Å². The van der Waals surface area contributed by atoms with Crippen LogP contribution in [0.5, 0.6) is 0 Å². The van der Waals surface area contributed by atoms with Crippen molar-refractivity contribution in [1.29, 1.82) is 0 Å². The summed E-state index contributed by atoms with van der Waals surface area (Å²) in [7, 11) is -3.09. The van der Waals surface area contributed by atoms with E-state index in [0.29, 0.717) is 10.9 Å². The summed E-state index contributed by atoms with van der Waals surface area (Å²) in [5.41, 5.74) is 0.637. The lowest BCUT2D eigenvalue weighted by Crippen LogP contribution is -2.52. The molecule has 10 nitrogen and oxygen atoms in total. The molecule has 1 saturated heterocycles. The molecular formula is C17H20N4O6S. The van der Waals surface area contributed by atoms with Gasteiger partial charge in [0.25, 0.3) is 5.69 Å². The second kappa shape index (κ2) is 7.58. The van der Waals surface area contributed by atoms with E-state index in [0.717, 1.165) is 0 Å². The van der Waals surface area contributed by atoms with Gasteiger partial charge in [0.1, 0.15) is 12.6 Å². The third-order valence-corrected chi connectivity index (χ3v) is 6.29. The van der Waals surface area contributed by atoms with E-state index in [9.17, 15) is 28.1 Å². The molecule has 0 spiro atoms. The highest BCUT2D eigenvalue weighted by atomic mass is 32.2. The molecule has 2 amide bonds. The first-order valence-corrected chi connectivity index (χ1v) is 10.5. The minimum atomic E-state index is -3.09. The maximum Gasteiger partial charge on any atom is 0.270 e. The number of sulfone groups is 1. The Bertz CT molecular complexity index is 1030. The van der Waals surface area contributed by atoms with Crippen molar-refractivity contribution in [2.45, 2.75) is 19.5 Å². The van der Waals surface area contributed by atoms with Crippen molar-refractivity contribution in [2.24, 2.45) is 0 Å². The molecule has 1 fully saturated rings. The van der Waals surface area contributed by atoms with Gasteiger partial charge in [-0.2, -0.15) is 0 Å². The minimum absolute atomic E-state index is 0.0301. The highest BCUT2D eigenvalue weighted by Crippen LogP contribution is 2.21. The quantitative estimate of drug-likeness (QED) is 0.559. The Morgan fingerprint density at radius 1 is 1.25 bits per heavy atom. The number of nitro groups is 1. The van der Waals surface area contributed by atoms with E-state index >= 15 is 0 Å². The number of aromatic nitrogens is 1. The van der Waals surface area contributed by atoms with Gasteiger partial charge in [-0.05, 0) is 19.1 Å². The molecule has 1 unspecified atom stereocenters. The Kier molecular flexibility index (Phi) is 5.36. The SMILES string of the molecule is CC(NC(=O)Cn1ccc2cc([N+](=O)[O-])ccc21)C(=O)N1CCS(=O)(=O)CC1. The Morgan fingerprint density at radius 2 is 1.93 bits per heavy atom. The monoisotopic (exact) mass is 408 g/mol. The zero-order valence-electron chi connectivity index (χ0n) is 15.2. The number of non-ortho nitro benzene ring substituents is 1. The fourth-order valence-corrected chi connectivity index (χ4v) is 4.35. The first kappa shape index (κ1) is 19.8. The predicted molar refractivity (Wildman–Crippen MR) is 101 cm³/mol. The van der Waals surface area contributed by atoms with Crippen molar-refractivity contribution < 1.29 is 22.9 Å². The van der Waals surface area contributed by atoms with E-state index in [1.807, 2.05) is 0 Å². The van der Waals surface area contributed by atoms with Crippen LogP contribution in [0.1, 0.15) is 6.92 Å². The van der Waals surface area contributed by atoms with Crippen LogP contribution in [0.2, 0.25) is 0 Å². The van der Waals surface area contributed by atoms with Crippen molar-refractivity contribution in [2.75, 3.05) is 24.6 Å².